The molecule has 5 nitrogen and oxygen atoms in total. The molecule has 2 aromatic rings. The number of nitrogens with zero attached hydrogens (tertiary/aromatic N) is 2. The van der Waals surface area contributed by atoms with Crippen molar-refractivity contribution in [3.8, 4) is 5.75 Å². The molecule has 1 aromatic heterocycles. The fourth-order valence-electron chi connectivity index (χ4n) is 2.00. The van der Waals surface area contributed by atoms with Gasteiger partial charge in [-0.15, -0.1) is 0 Å². The van der Waals surface area contributed by atoms with E-state index in [0.717, 1.165) is 10.2 Å². The van der Waals surface area contributed by atoms with E-state index in [2.05, 4.69) is 10.4 Å². The molecule has 1 aromatic carbocycles. The maximum absolute atomic E-state index is 12.7. The molecule has 1 N–H and O–H groups in total. The van der Waals surface area contributed by atoms with Gasteiger partial charge in [-0.1, -0.05) is 23.7 Å². The Morgan fingerprint density at radius 3 is 2.46 bits per heavy atom. The number of methoxy groups -OCH3 is 1. The molecule has 0 saturated heterocycles. The first-order valence-corrected chi connectivity index (χ1v) is 7.30. The van der Waals surface area contributed by atoms with Gasteiger partial charge >= 0.3 is 6.18 Å². The second kappa shape index (κ2) is 7.12. The van der Waals surface area contributed by atoms with E-state index < -0.39 is 22.8 Å². The van der Waals surface area contributed by atoms with Gasteiger partial charge in [-0.05, 0) is 24.6 Å². The number of alkyl halides is 3. The predicted molar refractivity (Wildman–Crippen MR) is 81.8 cm³/mol. The lowest BCUT2D eigenvalue weighted by atomic mass is 10.2. The third-order valence-electron chi connectivity index (χ3n) is 3.34. The Morgan fingerprint density at radius 1 is 1.33 bits per heavy atom. The fourth-order valence-corrected chi connectivity index (χ4v) is 2.24. The normalized spacial score (nSPS) is 11.4. The number of halogens is 4. The molecule has 2 rings (SSSR count). The molecule has 0 saturated carbocycles. The first kappa shape index (κ1) is 18.1. The molecule has 1 heterocycles. The molecule has 0 unspecified atom stereocenters. The van der Waals surface area contributed by atoms with Gasteiger partial charge in [0.05, 0.1) is 17.8 Å². The van der Waals surface area contributed by atoms with Crippen LogP contribution in [0.5, 0.6) is 5.75 Å². The standard InChI is InChI=1S/C15H15ClF3N3O2/c1-9-13(16)14(15(17,18)19)21-22(9)8-12(23)20-7-10-3-5-11(24-2)6-4-10/h3-6H,7-8H2,1-2H3,(H,20,23). The van der Waals surface area contributed by atoms with E-state index in [1.807, 2.05) is 0 Å². The van der Waals surface area contributed by atoms with Crippen LogP contribution in [-0.4, -0.2) is 22.8 Å². The van der Waals surface area contributed by atoms with Crippen LogP contribution in [0.25, 0.3) is 0 Å². The number of carbonyl (C=O) groups excluding carboxylic acids is 1. The number of carbonyl (C=O) groups is 1. The molecule has 0 aliphatic heterocycles. The highest BCUT2D eigenvalue weighted by molar-refractivity contribution is 6.32. The van der Waals surface area contributed by atoms with E-state index >= 15 is 0 Å². The number of aromatic nitrogens is 2. The summed E-state index contributed by atoms with van der Waals surface area (Å²) < 4.78 is 44.2. The van der Waals surface area contributed by atoms with Crippen LogP contribution in [0.3, 0.4) is 0 Å². The molecule has 0 spiro atoms. The summed E-state index contributed by atoms with van der Waals surface area (Å²) in [6.07, 6.45) is -4.66. The van der Waals surface area contributed by atoms with Gasteiger partial charge in [-0.25, -0.2) is 0 Å². The number of amides is 1. The largest absolute Gasteiger partial charge is 0.497 e. The van der Waals surface area contributed by atoms with Crippen LogP contribution in [0.4, 0.5) is 13.2 Å². The van der Waals surface area contributed by atoms with Gasteiger partial charge in [-0.2, -0.15) is 18.3 Å². The predicted octanol–water partition coefficient (Wildman–Crippen LogP) is 3.19. The van der Waals surface area contributed by atoms with Crippen molar-refractivity contribution in [3.63, 3.8) is 0 Å². The minimum absolute atomic E-state index is 0.0867. The van der Waals surface area contributed by atoms with E-state index in [0.29, 0.717) is 5.75 Å². The average Bonchev–Trinajstić information content (AvgIpc) is 2.82. The summed E-state index contributed by atoms with van der Waals surface area (Å²) in [5, 5.41) is 5.50. The molecule has 0 atom stereocenters. The van der Waals surface area contributed by atoms with Gasteiger partial charge in [0.1, 0.15) is 12.3 Å². The van der Waals surface area contributed by atoms with Gasteiger partial charge in [-0.3, -0.25) is 9.48 Å². The van der Waals surface area contributed by atoms with E-state index in [-0.39, 0.29) is 18.8 Å². The van der Waals surface area contributed by atoms with Crippen molar-refractivity contribution >= 4 is 17.5 Å². The fraction of sp³-hybridized carbons (Fsp3) is 0.333. The molecule has 130 valence electrons. The molecule has 0 bridgehead atoms. The first-order valence-electron chi connectivity index (χ1n) is 6.92. The Bertz CT molecular complexity index is 727. The van der Waals surface area contributed by atoms with Gasteiger partial charge in [0.25, 0.3) is 0 Å². The number of ether oxygens (including phenoxy) is 1. The highest BCUT2D eigenvalue weighted by atomic mass is 35.5. The Hall–Kier alpha value is -2.22. The second-order valence-electron chi connectivity index (χ2n) is 5.03. The molecule has 0 aliphatic carbocycles. The maximum Gasteiger partial charge on any atom is 0.436 e. The van der Waals surface area contributed by atoms with E-state index in [9.17, 15) is 18.0 Å². The molecule has 0 aliphatic rings. The lowest BCUT2D eigenvalue weighted by Gasteiger charge is -2.07. The van der Waals surface area contributed by atoms with Crippen molar-refractivity contribution in [1.29, 1.82) is 0 Å². The Morgan fingerprint density at radius 2 is 1.96 bits per heavy atom. The van der Waals surface area contributed by atoms with Crippen LogP contribution in [0, 0.1) is 6.92 Å². The molecule has 1 amide bonds. The van der Waals surface area contributed by atoms with Crippen LogP contribution >= 0.6 is 11.6 Å². The van der Waals surface area contributed by atoms with E-state index in [1.165, 1.54) is 6.92 Å². The number of rotatable bonds is 5. The molecule has 9 heteroatoms. The van der Waals surface area contributed by atoms with Crippen LogP contribution in [0.15, 0.2) is 24.3 Å². The molecule has 0 fully saturated rings. The van der Waals surface area contributed by atoms with E-state index in [1.54, 1.807) is 31.4 Å². The first-order chi connectivity index (χ1) is 11.2. The third-order valence-corrected chi connectivity index (χ3v) is 3.80. The van der Waals surface area contributed by atoms with Crippen LogP contribution in [0.2, 0.25) is 5.02 Å². The maximum atomic E-state index is 12.7. The number of hydrogen-bond donors (Lipinski definition) is 1. The van der Waals surface area contributed by atoms with Gasteiger partial charge in [0, 0.05) is 6.54 Å². The van der Waals surface area contributed by atoms with E-state index in [4.69, 9.17) is 16.3 Å². The smallest absolute Gasteiger partial charge is 0.436 e. The summed E-state index contributed by atoms with van der Waals surface area (Å²) >= 11 is 5.64. The zero-order valence-corrected chi connectivity index (χ0v) is 13.7. The highest BCUT2D eigenvalue weighted by Crippen LogP contribution is 2.35. The Labute approximate surface area is 141 Å². The Balaban J connectivity index is 1.99. The van der Waals surface area contributed by atoms with Crippen molar-refractivity contribution in [2.24, 2.45) is 0 Å². The van der Waals surface area contributed by atoms with Crippen molar-refractivity contribution in [1.82, 2.24) is 15.1 Å². The number of benzene rings is 1. The van der Waals surface area contributed by atoms with Crippen molar-refractivity contribution < 1.29 is 22.7 Å². The molecule has 24 heavy (non-hydrogen) atoms. The van der Waals surface area contributed by atoms with Crippen LogP contribution in [-0.2, 0) is 24.1 Å². The lowest BCUT2D eigenvalue weighted by Crippen LogP contribution is -2.28. The van der Waals surface area contributed by atoms with Gasteiger partial charge in [0.15, 0.2) is 5.69 Å². The van der Waals surface area contributed by atoms with Gasteiger partial charge < -0.3 is 10.1 Å². The number of nitrogens with one attached hydrogen (secondary N) is 1. The average molecular weight is 362 g/mol. The molecular formula is C15H15ClF3N3O2. The minimum atomic E-state index is -4.66. The minimum Gasteiger partial charge on any atom is -0.497 e. The van der Waals surface area contributed by atoms with Crippen LogP contribution in [0.1, 0.15) is 17.0 Å². The van der Waals surface area contributed by atoms with Crippen molar-refractivity contribution in [2.75, 3.05) is 7.11 Å². The van der Waals surface area contributed by atoms with Crippen molar-refractivity contribution in [3.05, 3.63) is 46.2 Å². The summed E-state index contributed by atoms with van der Waals surface area (Å²) in [5.41, 5.74) is -0.274. The van der Waals surface area contributed by atoms with Crippen LogP contribution < -0.4 is 10.1 Å². The molecular weight excluding hydrogens is 347 g/mol. The summed E-state index contributed by atoms with van der Waals surface area (Å²) in [5.74, 6) is 0.216. The Kier molecular flexibility index (Phi) is 5.38. The monoisotopic (exact) mass is 361 g/mol. The zero-order valence-electron chi connectivity index (χ0n) is 12.9. The summed E-state index contributed by atoms with van der Waals surface area (Å²) in [6.45, 7) is 1.27. The highest BCUT2D eigenvalue weighted by Gasteiger charge is 2.38. The topological polar surface area (TPSA) is 56.1 Å². The quantitative estimate of drug-likeness (QED) is 0.889. The lowest BCUT2D eigenvalue weighted by molar-refractivity contribution is -0.141. The molecule has 0 radical (unpaired) electrons. The summed E-state index contributed by atoms with van der Waals surface area (Å²) in [7, 11) is 1.55. The van der Waals surface area contributed by atoms with Crippen molar-refractivity contribution in [2.45, 2.75) is 26.2 Å². The SMILES string of the molecule is COc1ccc(CNC(=O)Cn2nc(C(F)(F)F)c(Cl)c2C)cc1. The zero-order chi connectivity index (χ0) is 17.9. The summed E-state index contributed by atoms with van der Waals surface area (Å²) in [6, 6.07) is 7.04. The summed E-state index contributed by atoms with van der Waals surface area (Å²) in [4.78, 5) is 11.9. The number of hydrogen-bond acceptors (Lipinski definition) is 3. The third kappa shape index (κ3) is 4.19. The van der Waals surface area contributed by atoms with Gasteiger partial charge in [0.2, 0.25) is 5.91 Å². The second-order valence-corrected chi connectivity index (χ2v) is 5.41.